The van der Waals surface area contributed by atoms with Crippen LogP contribution in [0.4, 0.5) is 5.69 Å². The molecule has 160 valence electrons. The predicted octanol–water partition coefficient (Wildman–Crippen LogP) is 4.60. The van der Waals surface area contributed by atoms with Gasteiger partial charge < -0.3 is 15.5 Å². The van der Waals surface area contributed by atoms with E-state index in [1.165, 1.54) is 37.2 Å². The molecule has 0 radical (unpaired) electrons. The molecule has 1 saturated heterocycles. The third-order valence-corrected chi connectivity index (χ3v) is 6.01. The van der Waals surface area contributed by atoms with Crippen LogP contribution in [0.2, 0.25) is 0 Å². The maximum Gasteiger partial charge on any atom is 0.191 e. The van der Waals surface area contributed by atoms with Crippen LogP contribution in [0.3, 0.4) is 0 Å². The van der Waals surface area contributed by atoms with E-state index in [1.54, 1.807) is 11.3 Å². The van der Waals surface area contributed by atoms with Crippen LogP contribution >= 0.6 is 35.3 Å². The highest BCUT2D eigenvalue weighted by atomic mass is 127. The van der Waals surface area contributed by atoms with E-state index in [0.29, 0.717) is 6.54 Å². The van der Waals surface area contributed by atoms with Crippen LogP contribution in [0.15, 0.2) is 34.6 Å². The summed E-state index contributed by atoms with van der Waals surface area (Å²) in [6, 6.07) is 8.90. The number of thiazole rings is 1. The van der Waals surface area contributed by atoms with Gasteiger partial charge in [0.1, 0.15) is 0 Å². The zero-order valence-corrected chi connectivity index (χ0v) is 20.9. The van der Waals surface area contributed by atoms with Crippen LogP contribution in [0.25, 0.3) is 0 Å². The number of nitrogens with one attached hydrogen (secondary N) is 2. The van der Waals surface area contributed by atoms with E-state index < -0.39 is 0 Å². The topological polar surface area (TPSA) is 52.6 Å². The van der Waals surface area contributed by atoms with Gasteiger partial charge in [-0.1, -0.05) is 19.1 Å². The smallest absolute Gasteiger partial charge is 0.191 e. The number of hydrogen-bond acceptors (Lipinski definition) is 4. The van der Waals surface area contributed by atoms with E-state index in [-0.39, 0.29) is 24.0 Å². The number of anilines is 1. The van der Waals surface area contributed by atoms with Gasteiger partial charge in [-0.05, 0) is 50.3 Å². The molecule has 1 aromatic carbocycles. The maximum absolute atomic E-state index is 4.74. The van der Waals surface area contributed by atoms with Gasteiger partial charge in [-0.25, -0.2) is 9.98 Å². The first-order valence-corrected chi connectivity index (χ1v) is 11.3. The fourth-order valence-corrected chi connectivity index (χ4v) is 4.07. The molecular weight excluding hydrogens is 493 g/mol. The molecule has 2 aromatic rings. The Morgan fingerprint density at radius 2 is 1.93 bits per heavy atom. The summed E-state index contributed by atoms with van der Waals surface area (Å²) in [5.41, 5.74) is 3.72. The molecule has 0 atom stereocenters. The molecule has 2 N–H and O–H groups in total. The average Bonchev–Trinajstić information content (AvgIpc) is 3.12. The van der Waals surface area contributed by atoms with Crippen LogP contribution in [0.1, 0.15) is 43.0 Å². The van der Waals surface area contributed by atoms with Crippen molar-refractivity contribution < 1.29 is 0 Å². The number of aliphatic imine (C=N–C) groups is 1. The Labute approximate surface area is 196 Å². The third kappa shape index (κ3) is 7.77. The van der Waals surface area contributed by atoms with E-state index in [4.69, 9.17) is 4.99 Å². The average molecular weight is 528 g/mol. The van der Waals surface area contributed by atoms with Crippen LogP contribution < -0.4 is 15.5 Å². The molecule has 0 amide bonds. The summed E-state index contributed by atoms with van der Waals surface area (Å²) in [5.74, 6) is 1.73. The normalized spacial score (nSPS) is 15.1. The van der Waals surface area contributed by atoms with E-state index in [0.717, 1.165) is 42.1 Å². The van der Waals surface area contributed by atoms with Crippen LogP contribution in [-0.2, 0) is 13.0 Å². The molecule has 0 bridgehead atoms. The van der Waals surface area contributed by atoms with Gasteiger partial charge in [0.15, 0.2) is 5.96 Å². The monoisotopic (exact) mass is 527 g/mol. The van der Waals surface area contributed by atoms with Gasteiger partial charge in [0.25, 0.3) is 0 Å². The van der Waals surface area contributed by atoms with Crippen molar-refractivity contribution >= 4 is 47.0 Å². The van der Waals surface area contributed by atoms with Crippen molar-refractivity contribution in [2.45, 2.75) is 46.6 Å². The molecule has 2 heterocycles. The summed E-state index contributed by atoms with van der Waals surface area (Å²) >= 11 is 1.70. The predicted molar refractivity (Wildman–Crippen MR) is 136 cm³/mol. The second-order valence-corrected chi connectivity index (χ2v) is 8.63. The summed E-state index contributed by atoms with van der Waals surface area (Å²) in [6.07, 6.45) is 3.51. The molecule has 7 heteroatoms. The van der Waals surface area contributed by atoms with Crippen LogP contribution in [-0.4, -0.2) is 37.1 Å². The third-order valence-electron chi connectivity index (χ3n) is 5.19. The molecule has 0 spiro atoms. The fraction of sp³-hybridized carbons (Fsp3) is 0.545. The molecule has 29 heavy (non-hydrogen) atoms. The molecule has 1 aromatic heterocycles. The largest absolute Gasteiger partial charge is 0.372 e. The van der Waals surface area contributed by atoms with Crippen LogP contribution in [0.5, 0.6) is 0 Å². The van der Waals surface area contributed by atoms with Crippen molar-refractivity contribution in [2.75, 3.05) is 31.1 Å². The summed E-state index contributed by atoms with van der Waals surface area (Å²) in [6.45, 7) is 11.2. The standard InChI is InChI=1S/C22H33N5S.HI/c1-4-23-22(24-12-9-20-16-28-18(3)26-20)25-15-19-5-7-21(8-6-19)27-13-10-17(2)11-14-27;/h5-8,16-17H,4,9-15H2,1-3H3,(H2,23,24,25);1H. The lowest BCUT2D eigenvalue weighted by atomic mass is 9.99. The lowest BCUT2D eigenvalue weighted by Crippen LogP contribution is -2.38. The second-order valence-electron chi connectivity index (χ2n) is 7.57. The van der Waals surface area contributed by atoms with Crippen molar-refractivity contribution in [2.24, 2.45) is 10.9 Å². The number of guanidine groups is 1. The Morgan fingerprint density at radius 1 is 1.21 bits per heavy atom. The second kappa shape index (κ2) is 12.4. The molecular formula is C22H34IN5S. The zero-order chi connectivity index (χ0) is 19.8. The fourth-order valence-electron chi connectivity index (χ4n) is 3.42. The molecule has 1 aliphatic rings. The summed E-state index contributed by atoms with van der Waals surface area (Å²) in [7, 11) is 0. The Balaban J connectivity index is 0.00000300. The maximum atomic E-state index is 4.74. The minimum atomic E-state index is 0. The zero-order valence-electron chi connectivity index (χ0n) is 17.8. The Hall–Kier alpha value is -1.35. The number of aromatic nitrogens is 1. The Morgan fingerprint density at radius 3 is 2.55 bits per heavy atom. The lowest BCUT2D eigenvalue weighted by Gasteiger charge is -2.32. The highest BCUT2D eigenvalue weighted by Crippen LogP contribution is 2.23. The number of rotatable bonds is 7. The Bertz CT molecular complexity index is 751. The molecule has 5 nitrogen and oxygen atoms in total. The van der Waals surface area contributed by atoms with Gasteiger partial charge in [0.2, 0.25) is 0 Å². The SMILES string of the molecule is CCNC(=NCc1ccc(N2CCC(C)CC2)cc1)NCCc1csc(C)n1.I. The van der Waals surface area contributed by atoms with E-state index in [2.05, 4.69) is 64.0 Å². The van der Waals surface area contributed by atoms with Crippen LogP contribution in [0, 0.1) is 12.8 Å². The van der Waals surface area contributed by atoms with Gasteiger partial charge in [-0.3, -0.25) is 0 Å². The highest BCUT2D eigenvalue weighted by molar-refractivity contribution is 14.0. The van der Waals surface area contributed by atoms with Crippen molar-refractivity contribution in [3.05, 3.63) is 45.9 Å². The summed E-state index contributed by atoms with van der Waals surface area (Å²) in [5, 5.41) is 9.99. The van der Waals surface area contributed by atoms with Gasteiger partial charge in [0, 0.05) is 43.7 Å². The molecule has 0 unspecified atom stereocenters. The van der Waals surface area contributed by atoms with Crippen molar-refractivity contribution in [1.29, 1.82) is 0 Å². The molecule has 0 saturated carbocycles. The first kappa shape index (κ1) is 23.9. The van der Waals surface area contributed by atoms with E-state index in [9.17, 15) is 0 Å². The molecule has 1 fully saturated rings. The van der Waals surface area contributed by atoms with Crippen molar-refractivity contribution in [3.8, 4) is 0 Å². The number of hydrogen-bond donors (Lipinski definition) is 2. The van der Waals surface area contributed by atoms with Gasteiger partial charge in [-0.2, -0.15) is 0 Å². The summed E-state index contributed by atoms with van der Waals surface area (Å²) in [4.78, 5) is 11.7. The quantitative estimate of drug-likeness (QED) is 0.314. The highest BCUT2D eigenvalue weighted by Gasteiger charge is 2.15. The molecule has 1 aliphatic heterocycles. The first-order chi connectivity index (χ1) is 13.6. The summed E-state index contributed by atoms with van der Waals surface area (Å²) < 4.78 is 0. The number of halogens is 1. The Kier molecular flexibility index (Phi) is 10.2. The first-order valence-electron chi connectivity index (χ1n) is 10.4. The lowest BCUT2D eigenvalue weighted by molar-refractivity contribution is 0.438. The van der Waals surface area contributed by atoms with Crippen molar-refractivity contribution in [3.63, 3.8) is 0 Å². The number of benzene rings is 1. The number of nitrogens with zero attached hydrogens (tertiary/aromatic N) is 3. The molecule has 3 rings (SSSR count). The minimum Gasteiger partial charge on any atom is -0.372 e. The van der Waals surface area contributed by atoms with Gasteiger partial charge in [0.05, 0.1) is 17.2 Å². The molecule has 0 aliphatic carbocycles. The van der Waals surface area contributed by atoms with Crippen molar-refractivity contribution in [1.82, 2.24) is 15.6 Å². The van der Waals surface area contributed by atoms with Gasteiger partial charge >= 0.3 is 0 Å². The van der Waals surface area contributed by atoms with E-state index >= 15 is 0 Å². The van der Waals surface area contributed by atoms with E-state index in [1.807, 2.05) is 6.92 Å². The number of piperidine rings is 1. The minimum absolute atomic E-state index is 0. The van der Waals surface area contributed by atoms with Gasteiger partial charge in [-0.15, -0.1) is 35.3 Å². The number of aryl methyl sites for hydroxylation is 1.